The Bertz CT molecular complexity index is 6.00. The van der Waals surface area contributed by atoms with Gasteiger partial charge in [-0.2, -0.15) is 0 Å². The van der Waals surface area contributed by atoms with E-state index in [-0.39, 0.29) is 93.7 Å². The summed E-state index contributed by atoms with van der Waals surface area (Å²) in [5, 5.41) is 0. The molecule has 0 spiro atoms. The van der Waals surface area contributed by atoms with E-state index in [1.165, 1.54) is 0 Å². The third-order valence-corrected chi connectivity index (χ3v) is 0. The average molecular weight is 315 g/mol. The van der Waals surface area contributed by atoms with Crippen LogP contribution in [0.4, 0.5) is 0 Å². The van der Waals surface area contributed by atoms with Gasteiger partial charge in [0.05, 0.1) is 0 Å². The Hall–Kier alpha value is 2.64. The zero-order valence-corrected chi connectivity index (χ0v) is 8.07. The summed E-state index contributed by atoms with van der Waals surface area (Å²) in [6.07, 6.45) is 0. The first kappa shape index (κ1) is 30.3. The van der Waals surface area contributed by atoms with Crippen LogP contribution in [-0.4, -0.2) is 0 Å². The van der Waals surface area contributed by atoms with Crippen LogP contribution in [0.25, 0.3) is 0 Å². The summed E-state index contributed by atoms with van der Waals surface area (Å²) in [5.74, 6) is 0. The van der Waals surface area contributed by atoms with E-state index in [0.717, 1.165) is 0 Å². The zero-order valence-electron chi connectivity index (χ0n) is 1.79. The number of hydrogen-bond donors (Lipinski definition) is 0. The third-order valence-electron chi connectivity index (χ3n) is 0. The van der Waals surface area contributed by atoms with Gasteiger partial charge in [-0.1, -0.05) is 0 Å². The molecule has 0 unspecified atom stereocenters. The second-order valence-electron chi connectivity index (χ2n) is 0. The first-order chi connectivity index (χ1) is 0. The molecule has 0 bridgehead atoms. The molecule has 4 heavy (non-hydrogen) atoms. The molecule has 0 aromatic rings. The zero-order chi connectivity index (χ0) is 0. The van der Waals surface area contributed by atoms with E-state index in [0.29, 0.717) is 0 Å². The summed E-state index contributed by atoms with van der Waals surface area (Å²) >= 11 is 0. The van der Waals surface area contributed by atoms with E-state index in [2.05, 4.69) is 0 Å². The molecule has 0 saturated heterocycles. The van der Waals surface area contributed by atoms with E-state index in [4.69, 9.17) is 0 Å². The number of rotatable bonds is 0. The number of hydrogen-bond acceptors (Lipinski definition) is 0. The monoisotopic (exact) mass is 315 g/mol. The van der Waals surface area contributed by atoms with Gasteiger partial charge in [0.2, 0.25) is 0 Å². The second-order valence-corrected chi connectivity index (χ2v) is 0. The smallest absolute Gasteiger partial charge is 2.00 e. The van der Waals surface area contributed by atoms with Crippen molar-refractivity contribution in [3.05, 3.63) is 0 Å². The Balaban J connectivity index is 0. The van der Waals surface area contributed by atoms with Gasteiger partial charge in [-0.25, -0.2) is 0 Å². The van der Waals surface area contributed by atoms with Crippen LogP contribution in [0.1, 0.15) is 0 Å². The van der Waals surface area contributed by atoms with Crippen molar-refractivity contribution >= 4 is 0 Å². The molecule has 0 aliphatic rings. The molecule has 0 aromatic heterocycles. The van der Waals surface area contributed by atoms with Crippen molar-refractivity contribution in [2.24, 2.45) is 0 Å². The Kier molecular flexibility index (Phi) is 132. The topological polar surface area (TPSA) is 28.5 Å². The van der Waals surface area contributed by atoms with Gasteiger partial charge in [0, 0.05) is 0 Å². The minimum absolute atomic E-state index is 0. The van der Waals surface area contributed by atoms with Gasteiger partial charge >= 0.3 is 83.5 Å². The maximum absolute atomic E-state index is 0. The predicted molar refractivity (Wildman–Crippen MR) is 0.686 cm³/mol. The van der Waals surface area contributed by atoms with Crippen LogP contribution >= 0.6 is 0 Å². The molecule has 0 aromatic carbocycles. The predicted octanol–water partition coefficient (Wildman–Crippen LogP) is -3.11. The molecular weight excluding hydrogens is 315 g/mol. The number of halogens is 1. The molecule has 4 heteroatoms. The summed E-state index contributed by atoms with van der Waals surface area (Å²) in [4.78, 5) is 0. The first-order valence-corrected chi connectivity index (χ1v) is 0. The summed E-state index contributed by atoms with van der Waals surface area (Å²) in [7, 11) is 0. The first-order valence-electron chi connectivity index (χ1n) is 0. The SMILES string of the molecule is [Ce+3].[Ce+3].[F-].[O-2]. The largest absolute Gasteiger partial charge is 3.00 e. The van der Waals surface area contributed by atoms with Gasteiger partial charge in [-0.05, 0) is 0 Å². The third kappa shape index (κ3) is 8.82. The molecule has 0 aliphatic heterocycles. The fraction of sp³-hybridized carbons (Fsp3) is 0. The Labute approximate surface area is 91.3 Å². The summed E-state index contributed by atoms with van der Waals surface area (Å²) in [5.41, 5.74) is 0. The van der Waals surface area contributed by atoms with Crippen LogP contribution < -0.4 is 4.70 Å². The Morgan fingerprint density at radius 2 is 0.750 bits per heavy atom. The molecule has 0 N–H and O–H groups in total. The van der Waals surface area contributed by atoms with E-state index >= 15 is 0 Å². The van der Waals surface area contributed by atoms with Gasteiger partial charge in [0.25, 0.3) is 0 Å². The van der Waals surface area contributed by atoms with Gasteiger partial charge in [0.15, 0.2) is 0 Å². The molecule has 1 nitrogen and oxygen atoms in total. The second kappa shape index (κ2) is 17.4. The van der Waals surface area contributed by atoms with E-state index in [1.807, 2.05) is 0 Å². The molecule has 0 amide bonds. The van der Waals surface area contributed by atoms with E-state index in [1.54, 1.807) is 0 Å². The molecule has 0 atom stereocenters. The van der Waals surface area contributed by atoms with Crippen LogP contribution in [0.2, 0.25) is 0 Å². The maximum Gasteiger partial charge on any atom is 3.00 e. The van der Waals surface area contributed by atoms with Crippen molar-refractivity contribution in [1.82, 2.24) is 0 Å². The van der Waals surface area contributed by atoms with Gasteiger partial charge in [-0.15, -0.1) is 0 Å². The van der Waals surface area contributed by atoms with Crippen molar-refractivity contribution in [2.45, 2.75) is 0 Å². The van der Waals surface area contributed by atoms with Crippen LogP contribution in [0.3, 0.4) is 0 Å². The van der Waals surface area contributed by atoms with Crippen molar-refractivity contribution in [1.29, 1.82) is 0 Å². The molecule has 0 aliphatic carbocycles. The van der Waals surface area contributed by atoms with Gasteiger partial charge in [-0.3, -0.25) is 0 Å². The molecule has 0 rings (SSSR count). The molecule has 18 valence electrons. The molecule has 0 fully saturated rings. The molecule has 2 radical (unpaired) electrons. The molecule has 0 saturated carbocycles. The Morgan fingerprint density at radius 3 is 0.750 bits per heavy atom. The fourth-order valence-corrected chi connectivity index (χ4v) is 0. The minimum Gasteiger partial charge on any atom is -2.00 e. The van der Waals surface area contributed by atoms with E-state index < -0.39 is 0 Å². The van der Waals surface area contributed by atoms with Crippen molar-refractivity contribution in [2.75, 3.05) is 0 Å². The van der Waals surface area contributed by atoms with Gasteiger partial charge < -0.3 is 10.2 Å². The molecule has 0 heterocycles. The minimum atomic E-state index is 0. The average Bonchev–Trinajstić information content (AvgIpc) is 0. The standard InChI is InChI=1S/2Ce.FH.O/h;;1H;/q2*+3;;-2/p-1. The van der Waals surface area contributed by atoms with Gasteiger partial charge in [0.1, 0.15) is 0 Å². The molecular formula is Ce2FO+3. The maximum atomic E-state index is 0. The quantitative estimate of drug-likeness (QED) is 0.453. The summed E-state index contributed by atoms with van der Waals surface area (Å²) in [6.45, 7) is 0. The van der Waals surface area contributed by atoms with Crippen LogP contribution in [0.5, 0.6) is 0 Å². The summed E-state index contributed by atoms with van der Waals surface area (Å²) in [6, 6.07) is 0. The van der Waals surface area contributed by atoms with Crippen molar-refractivity contribution in [3.63, 3.8) is 0 Å². The normalized spacial score (nSPS) is 0. The van der Waals surface area contributed by atoms with Crippen LogP contribution in [-0.2, 0) is 5.48 Å². The van der Waals surface area contributed by atoms with Crippen molar-refractivity contribution in [3.8, 4) is 0 Å². The van der Waals surface area contributed by atoms with Crippen molar-refractivity contribution < 1.29 is 93.7 Å². The Morgan fingerprint density at radius 1 is 0.750 bits per heavy atom. The summed E-state index contributed by atoms with van der Waals surface area (Å²) < 4.78 is 0. The van der Waals surface area contributed by atoms with E-state index in [9.17, 15) is 0 Å². The van der Waals surface area contributed by atoms with Crippen LogP contribution in [0.15, 0.2) is 0 Å². The fourth-order valence-electron chi connectivity index (χ4n) is 0. The van der Waals surface area contributed by atoms with Crippen LogP contribution in [0, 0.1) is 83.5 Å².